The summed E-state index contributed by atoms with van der Waals surface area (Å²) in [6.45, 7) is 11.2. The highest BCUT2D eigenvalue weighted by molar-refractivity contribution is 7.15. The second-order valence-electron chi connectivity index (χ2n) is 10.5. The van der Waals surface area contributed by atoms with Gasteiger partial charge in [0, 0.05) is 23.8 Å². The third-order valence-electron chi connectivity index (χ3n) is 6.76. The molecule has 1 aromatic carbocycles. The van der Waals surface area contributed by atoms with Gasteiger partial charge in [-0.3, -0.25) is 0 Å². The molecule has 2 aromatic heterocycles. The summed E-state index contributed by atoms with van der Waals surface area (Å²) in [5, 5.41) is 3.89. The van der Waals surface area contributed by atoms with E-state index in [0.29, 0.717) is 11.4 Å². The van der Waals surface area contributed by atoms with E-state index in [2.05, 4.69) is 49.1 Å². The van der Waals surface area contributed by atoms with Crippen molar-refractivity contribution in [2.45, 2.75) is 69.9 Å². The molecule has 4 rings (SSSR count). The van der Waals surface area contributed by atoms with Crippen LogP contribution in [0.4, 0.5) is 30.5 Å². The smallest absolute Gasteiger partial charge is 0.405 e. The molecule has 0 atom stereocenters. The number of nitrogens with one attached hydrogen (secondary N) is 1. The van der Waals surface area contributed by atoms with Crippen molar-refractivity contribution in [3.63, 3.8) is 0 Å². The van der Waals surface area contributed by atoms with Gasteiger partial charge in [-0.25, -0.2) is 15.0 Å². The summed E-state index contributed by atoms with van der Waals surface area (Å²) in [5.74, 6) is -0.155. The summed E-state index contributed by atoms with van der Waals surface area (Å²) in [5.41, 5.74) is 6.51. The number of nitrogen functional groups attached to an aromatic ring is 1. The molecule has 0 aliphatic heterocycles. The lowest BCUT2D eigenvalue weighted by molar-refractivity contribution is -0.141. The van der Waals surface area contributed by atoms with Crippen LogP contribution in [0.3, 0.4) is 0 Å². The maximum Gasteiger partial charge on any atom is 0.433 e. The molecule has 188 valence electrons. The fourth-order valence-electron chi connectivity index (χ4n) is 3.69. The number of hydrogen-bond acceptors (Lipinski definition) is 7. The van der Waals surface area contributed by atoms with Crippen molar-refractivity contribution in [3.8, 4) is 10.4 Å². The van der Waals surface area contributed by atoms with Crippen LogP contribution in [0, 0.1) is 0 Å². The van der Waals surface area contributed by atoms with Gasteiger partial charge in [0.05, 0.1) is 4.88 Å². The van der Waals surface area contributed by atoms with E-state index in [1.54, 1.807) is 23.5 Å². The van der Waals surface area contributed by atoms with Crippen molar-refractivity contribution in [1.82, 2.24) is 15.0 Å². The van der Waals surface area contributed by atoms with Gasteiger partial charge in [0.1, 0.15) is 16.3 Å². The van der Waals surface area contributed by atoms with Crippen LogP contribution in [0.2, 0.25) is 18.1 Å². The van der Waals surface area contributed by atoms with Crippen LogP contribution in [0.25, 0.3) is 10.4 Å². The number of halogens is 3. The Morgan fingerprint density at radius 3 is 2.43 bits per heavy atom. The highest BCUT2D eigenvalue weighted by atomic mass is 32.1. The van der Waals surface area contributed by atoms with E-state index in [-0.39, 0.29) is 16.6 Å². The van der Waals surface area contributed by atoms with Gasteiger partial charge in [0.2, 0.25) is 5.95 Å². The van der Waals surface area contributed by atoms with Gasteiger partial charge in [0.15, 0.2) is 8.32 Å². The first-order chi connectivity index (χ1) is 16.2. The van der Waals surface area contributed by atoms with E-state index in [0.717, 1.165) is 47.0 Å². The number of benzene rings is 1. The fourth-order valence-corrected chi connectivity index (χ4v) is 6.43. The lowest BCUT2D eigenvalue weighted by atomic mass is 9.81. The summed E-state index contributed by atoms with van der Waals surface area (Å²) in [4.78, 5) is 13.1. The molecule has 0 radical (unpaired) electrons. The molecule has 0 amide bonds. The molecule has 35 heavy (non-hydrogen) atoms. The van der Waals surface area contributed by atoms with Crippen LogP contribution in [-0.4, -0.2) is 23.3 Å². The maximum absolute atomic E-state index is 13.0. The predicted molar refractivity (Wildman–Crippen MR) is 136 cm³/mol. The Morgan fingerprint density at radius 1 is 1.11 bits per heavy atom. The Balaban J connectivity index is 1.60. The molecule has 0 saturated heterocycles. The number of aromatic nitrogens is 3. The first-order valence-corrected chi connectivity index (χ1v) is 15.2. The molecule has 6 nitrogen and oxygen atoms in total. The zero-order valence-electron chi connectivity index (χ0n) is 20.5. The molecule has 3 aromatic rings. The van der Waals surface area contributed by atoms with E-state index >= 15 is 0 Å². The Hall–Kier alpha value is -2.50. The molecule has 0 bridgehead atoms. The molecular weight excluding hydrogens is 491 g/mol. The quantitative estimate of drug-likeness (QED) is 0.261. The van der Waals surface area contributed by atoms with Gasteiger partial charge in [-0.05, 0) is 67.2 Å². The third-order valence-corrected chi connectivity index (χ3v) is 12.5. The molecular formula is C24H30F3N5OSSi. The minimum absolute atomic E-state index is 0.0929. The van der Waals surface area contributed by atoms with Crippen molar-refractivity contribution in [2.24, 2.45) is 0 Å². The summed E-state index contributed by atoms with van der Waals surface area (Å²) in [6.07, 6.45) is 1.33. The highest BCUT2D eigenvalue weighted by Gasteiger charge is 2.50. The molecule has 0 unspecified atom stereocenters. The van der Waals surface area contributed by atoms with E-state index in [1.165, 1.54) is 0 Å². The van der Waals surface area contributed by atoms with E-state index in [4.69, 9.17) is 15.1 Å². The normalized spacial score (nSPS) is 16.1. The number of thiazole rings is 1. The Labute approximate surface area is 208 Å². The summed E-state index contributed by atoms with van der Waals surface area (Å²) < 4.78 is 45.9. The van der Waals surface area contributed by atoms with Crippen LogP contribution < -0.4 is 11.1 Å². The minimum atomic E-state index is -4.55. The van der Waals surface area contributed by atoms with Crippen LogP contribution in [0.5, 0.6) is 0 Å². The average molecular weight is 522 g/mol. The van der Waals surface area contributed by atoms with Crippen LogP contribution in [0.1, 0.15) is 50.7 Å². The second-order valence-corrected chi connectivity index (χ2v) is 16.2. The number of hydrogen-bond donors (Lipinski definition) is 2. The summed E-state index contributed by atoms with van der Waals surface area (Å²) >= 11 is 1.57. The molecule has 1 saturated carbocycles. The summed E-state index contributed by atoms with van der Waals surface area (Å²) in [7, 11) is -2.00. The van der Waals surface area contributed by atoms with E-state index in [1.807, 2.05) is 12.3 Å². The van der Waals surface area contributed by atoms with Crippen molar-refractivity contribution < 1.29 is 17.6 Å². The number of rotatable bonds is 6. The van der Waals surface area contributed by atoms with Crippen molar-refractivity contribution in [1.29, 1.82) is 0 Å². The first-order valence-electron chi connectivity index (χ1n) is 11.4. The standard InChI is InChI=1S/C24H30F3N5OSSi/c1-22(2,3)35(4,5)33-23(8-6-9-23)20-30-14-18(34-20)15-11-16(28)13-17(12-15)31-21-29-10-7-19(32-21)24(25,26)27/h7,10-14H,6,8-9,28H2,1-5H3,(H,29,31,32). The minimum Gasteiger partial charge on any atom is -0.405 e. The van der Waals surface area contributed by atoms with Crippen LogP contribution >= 0.6 is 11.3 Å². The van der Waals surface area contributed by atoms with Gasteiger partial charge in [0.25, 0.3) is 0 Å². The van der Waals surface area contributed by atoms with E-state index in [9.17, 15) is 13.2 Å². The third kappa shape index (κ3) is 5.36. The lowest BCUT2D eigenvalue weighted by Gasteiger charge is -2.49. The molecule has 2 heterocycles. The maximum atomic E-state index is 13.0. The summed E-state index contributed by atoms with van der Waals surface area (Å²) in [6, 6.07) is 6.08. The zero-order chi connectivity index (χ0) is 25.6. The molecule has 1 aliphatic rings. The van der Waals surface area contributed by atoms with Crippen molar-refractivity contribution in [3.05, 3.63) is 47.4 Å². The van der Waals surface area contributed by atoms with Crippen LogP contribution in [-0.2, 0) is 16.2 Å². The van der Waals surface area contributed by atoms with Gasteiger partial charge >= 0.3 is 6.18 Å². The monoisotopic (exact) mass is 521 g/mol. The highest BCUT2D eigenvalue weighted by Crippen LogP contribution is 2.52. The molecule has 0 spiro atoms. The van der Waals surface area contributed by atoms with Gasteiger partial charge in [-0.1, -0.05) is 20.8 Å². The number of anilines is 3. The number of nitrogens with two attached hydrogens (primary N) is 1. The van der Waals surface area contributed by atoms with E-state index < -0.39 is 20.2 Å². The van der Waals surface area contributed by atoms with Gasteiger partial charge < -0.3 is 15.5 Å². The number of alkyl halides is 3. The molecule has 11 heteroatoms. The van der Waals surface area contributed by atoms with Gasteiger partial charge in [-0.15, -0.1) is 11.3 Å². The SMILES string of the molecule is CC(C)(C)[Si](C)(C)OC1(c2ncc(-c3cc(N)cc(Nc4nccc(C(F)(F)F)n4)c3)s2)CCC1. The first kappa shape index (κ1) is 25.6. The van der Waals surface area contributed by atoms with Crippen molar-refractivity contribution in [2.75, 3.05) is 11.1 Å². The Kier molecular flexibility index (Phi) is 6.48. The number of nitrogens with zero attached hydrogens (tertiary/aromatic N) is 3. The molecule has 3 N–H and O–H groups in total. The Bertz CT molecular complexity index is 1220. The van der Waals surface area contributed by atoms with Crippen LogP contribution in [0.15, 0.2) is 36.7 Å². The Morgan fingerprint density at radius 2 is 1.83 bits per heavy atom. The molecule has 1 aliphatic carbocycles. The largest absolute Gasteiger partial charge is 0.433 e. The second kappa shape index (κ2) is 8.86. The topological polar surface area (TPSA) is 86.0 Å². The fraction of sp³-hybridized carbons (Fsp3) is 0.458. The van der Waals surface area contributed by atoms with Crippen molar-refractivity contribution >= 4 is 37.0 Å². The zero-order valence-corrected chi connectivity index (χ0v) is 22.3. The molecule has 1 fully saturated rings. The average Bonchev–Trinajstić information content (AvgIpc) is 3.19. The lowest BCUT2D eigenvalue weighted by Crippen LogP contribution is -2.51. The predicted octanol–water partition coefficient (Wildman–Crippen LogP) is 7.35. The van der Waals surface area contributed by atoms with Gasteiger partial charge in [-0.2, -0.15) is 13.2 Å².